The van der Waals surface area contributed by atoms with Gasteiger partial charge in [0, 0.05) is 43.0 Å². The van der Waals surface area contributed by atoms with Crippen LogP contribution in [0.25, 0.3) is 0 Å². The smallest absolute Gasteiger partial charge is 0.387 e. The number of fused-ring (bicyclic) bond motifs is 1. The first-order valence-electron chi connectivity index (χ1n) is 9.94. The average molecular weight is 437 g/mol. The summed E-state index contributed by atoms with van der Waals surface area (Å²) in [5, 5.41) is 8.32. The van der Waals surface area contributed by atoms with Crippen LogP contribution >= 0.6 is 11.3 Å². The second-order valence-electron chi connectivity index (χ2n) is 6.79. The van der Waals surface area contributed by atoms with Crippen LogP contribution in [0.2, 0.25) is 0 Å². The second kappa shape index (κ2) is 10.9. The Hall–Kier alpha value is -2.68. The van der Waals surface area contributed by atoms with Crippen molar-refractivity contribution in [1.29, 1.82) is 0 Å². The van der Waals surface area contributed by atoms with E-state index in [1.54, 1.807) is 29.5 Å². The van der Waals surface area contributed by atoms with E-state index in [1.807, 2.05) is 11.8 Å². The average Bonchev–Trinajstić information content (AvgIpc) is 3.20. The van der Waals surface area contributed by atoms with Crippen molar-refractivity contribution < 1.29 is 18.3 Å². The number of nitrogens with one attached hydrogen (secondary N) is 2. The Bertz CT molecular complexity index is 872. The van der Waals surface area contributed by atoms with Gasteiger partial charge in [-0.3, -0.25) is 4.79 Å². The molecule has 0 radical (unpaired) electrons. The highest BCUT2D eigenvalue weighted by molar-refractivity contribution is 7.10. The van der Waals surface area contributed by atoms with E-state index in [4.69, 9.17) is 0 Å². The van der Waals surface area contributed by atoms with E-state index in [2.05, 4.69) is 31.8 Å². The SMILES string of the molecule is CCNC(=NCc1ccccc1OC(F)F)NCCC(=O)N1CCc2sccc2C1. The molecule has 0 saturated carbocycles. The fourth-order valence-corrected chi connectivity index (χ4v) is 4.15. The summed E-state index contributed by atoms with van der Waals surface area (Å²) in [5.74, 6) is 0.738. The third-order valence-electron chi connectivity index (χ3n) is 4.73. The highest BCUT2D eigenvalue weighted by Gasteiger charge is 2.21. The molecule has 2 N–H and O–H groups in total. The summed E-state index contributed by atoms with van der Waals surface area (Å²) in [6.07, 6.45) is 1.27. The van der Waals surface area contributed by atoms with E-state index in [0.717, 1.165) is 13.0 Å². The van der Waals surface area contributed by atoms with Crippen LogP contribution in [0.1, 0.15) is 29.3 Å². The molecule has 1 aromatic heterocycles. The zero-order valence-corrected chi connectivity index (χ0v) is 17.7. The highest BCUT2D eigenvalue weighted by Crippen LogP contribution is 2.24. The molecule has 2 aromatic rings. The predicted molar refractivity (Wildman–Crippen MR) is 114 cm³/mol. The number of para-hydroxylation sites is 1. The molecule has 162 valence electrons. The number of halogens is 2. The summed E-state index contributed by atoms with van der Waals surface area (Å²) in [6, 6.07) is 8.67. The maximum Gasteiger partial charge on any atom is 0.387 e. The first-order chi connectivity index (χ1) is 14.6. The molecular formula is C21H26F2N4O2S. The number of hydrogen-bond donors (Lipinski definition) is 2. The minimum absolute atomic E-state index is 0.103. The summed E-state index contributed by atoms with van der Waals surface area (Å²) in [6.45, 7) is 1.73. The molecule has 1 amide bonds. The van der Waals surface area contributed by atoms with Gasteiger partial charge in [-0.15, -0.1) is 11.3 Å². The number of guanidine groups is 1. The first-order valence-corrected chi connectivity index (χ1v) is 10.8. The van der Waals surface area contributed by atoms with Gasteiger partial charge in [0.25, 0.3) is 0 Å². The van der Waals surface area contributed by atoms with Crippen molar-refractivity contribution in [3.63, 3.8) is 0 Å². The van der Waals surface area contributed by atoms with Gasteiger partial charge >= 0.3 is 6.61 Å². The zero-order valence-electron chi connectivity index (χ0n) is 16.9. The van der Waals surface area contributed by atoms with Gasteiger partial charge in [0.1, 0.15) is 5.75 Å². The number of amides is 1. The third kappa shape index (κ3) is 6.16. The fraction of sp³-hybridized carbons (Fsp3) is 0.429. The second-order valence-corrected chi connectivity index (χ2v) is 7.79. The minimum Gasteiger partial charge on any atom is -0.434 e. The van der Waals surface area contributed by atoms with Gasteiger partial charge in [-0.2, -0.15) is 8.78 Å². The molecule has 0 saturated heterocycles. The maximum absolute atomic E-state index is 12.6. The monoisotopic (exact) mass is 436 g/mol. The summed E-state index contributed by atoms with van der Waals surface area (Å²) >= 11 is 1.75. The van der Waals surface area contributed by atoms with Gasteiger partial charge in [0.15, 0.2) is 5.96 Å². The number of alkyl halides is 2. The van der Waals surface area contributed by atoms with E-state index in [9.17, 15) is 13.6 Å². The first kappa shape index (κ1) is 22.0. The lowest BCUT2D eigenvalue weighted by molar-refractivity contribution is -0.131. The molecule has 1 aliphatic heterocycles. The normalized spacial score (nSPS) is 13.9. The van der Waals surface area contributed by atoms with E-state index in [0.29, 0.717) is 37.6 Å². The number of benzene rings is 1. The van der Waals surface area contributed by atoms with Gasteiger partial charge in [0.2, 0.25) is 5.91 Å². The number of carbonyl (C=O) groups is 1. The minimum atomic E-state index is -2.88. The summed E-state index contributed by atoms with van der Waals surface area (Å²) in [7, 11) is 0. The Labute approximate surface area is 178 Å². The van der Waals surface area contributed by atoms with E-state index in [-0.39, 0.29) is 18.2 Å². The molecule has 0 bridgehead atoms. The quantitative estimate of drug-likeness (QED) is 0.492. The molecule has 6 nitrogen and oxygen atoms in total. The molecule has 1 aliphatic rings. The van der Waals surface area contributed by atoms with Crippen LogP contribution < -0.4 is 15.4 Å². The number of carbonyl (C=O) groups excluding carboxylic acids is 1. The van der Waals surface area contributed by atoms with Crippen molar-refractivity contribution >= 4 is 23.2 Å². The Morgan fingerprint density at radius 2 is 2.13 bits per heavy atom. The fourth-order valence-electron chi connectivity index (χ4n) is 3.26. The zero-order chi connectivity index (χ0) is 21.3. The Morgan fingerprint density at radius 3 is 2.93 bits per heavy atom. The van der Waals surface area contributed by atoms with E-state index >= 15 is 0 Å². The van der Waals surface area contributed by atoms with Crippen molar-refractivity contribution in [1.82, 2.24) is 15.5 Å². The number of nitrogens with zero attached hydrogens (tertiary/aromatic N) is 2. The number of thiophene rings is 1. The third-order valence-corrected chi connectivity index (χ3v) is 5.76. The summed E-state index contributed by atoms with van der Waals surface area (Å²) in [5.41, 5.74) is 1.80. The standard InChI is InChI=1S/C21H26F2N4O2S/c1-2-24-21(26-13-15-5-3-4-6-17(15)29-20(22)23)25-10-7-19(28)27-11-8-18-16(14-27)9-12-30-18/h3-6,9,12,20H,2,7-8,10-11,13-14H2,1H3,(H2,24,25,26). The van der Waals surface area contributed by atoms with Crippen LogP contribution in [-0.2, 0) is 24.3 Å². The molecule has 1 aromatic carbocycles. The number of hydrogen-bond acceptors (Lipinski definition) is 4. The molecular weight excluding hydrogens is 410 g/mol. The predicted octanol–water partition coefficient (Wildman–Crippen LogP) is 3.38. The molecule has 0 fully saturated rings. The van der Waals surface area contributed by atoms with Crippen LogP contribution in [0.15, 0.2) is 40.7 Å². The Balaban J connectivity index is 1.51. The largest absolute Gasteiger partial charge is 0.434 e. The van der Waals surface area contributed by atoms with Crippen LogP contribution in [-0.4, -0.2) is 43.0 Å². The van der Waals surface area contributed by atoms with Crippen LogP contribution in [0.4, 0.5) is 8.78 Å². The van der Waals surface area contributed by atoms with Crippen LogP contribution in [0.5, 0.6) is 5.75 Å². The van der Waals surface area contributed by atoms with Gasteiger partial charge in [-0.25, -0.2) is 4.99 Å². The molecule has 0 atom stereocenters. The van der Waals surface area contributed by atoms with Crippen LogP contribution in [0.3, 0.4) is 0 Å². The number of rotatable bonds is 8. The maximum atomic E-state index is 12.6. The molecule has 0 unspecified atom stereocenters. The van der Waals surface area contributed by atoms with Gasteiger partial charge < -0.3 is 20.3 Å². The highest BCUT2D eigenvalue weighted by atomic mass is 32.1. The summed E-state index contributed by atoms with van der Waals surface area (Å²) in [4.78, 5) is 20.2. The van der Waals surface area contributed by atoms with E-state index in [1.165, 1.54) is 16.5 Å². The Morgan fingerprint density at radius 1 is 1.30 bits per heavy atom. The van der Waals surface area contributed by atoms with Crippen molar-refractivity contribution in [3.8, 4) is 5.75 Å². The lowest BCUT2D eigenvalue weighted by Gasteiger charge is -2.27. The van der Waals surface area contributed by atoms with Crippen molar-refractivity contribution in [2.45, 2.75) is 39.5 Å². The van der Waals surface area contributed by atoms with Gasteiger partial charge in [-0.1, -0.05) is 18.2 Å². The molecule has 30 heavy (non-hydrogen) atoms. The molecule has 9 heteroatoms. The molecule has 0 aliphatic carbocycles. The van der Waals surface area contributed by atoms with Crippen molar-refractivity contribution in [3.05, 3.63) is 51.7 Å². The van der Waals surface area contributed by atoms with Crippen LogP contribution in [0, 0.1) is 0 Å². The number of aliphatic imine (C=N–C) groups is 1. The topological polar surface area (TPSA) is 66.0 Å². The van der Waals surface area contributed by atoms with Gasteiger partial charge in [0.05, 0.1) is 6.54 Å². The molecule has 2 heterocycles. The van der Waals surface area contributed by atoms with Crippen molar-refractivity contribution in [2.75, 3.05) is 19.6 Å². The Kier molecular flexibility index (Phi) is 8.01. The molecule has 3 rings (SSSR count). The lowest BCUT2D eigenvalue weighted by Crippen LogP contribution is -2.41. The summed E-state index contributed by atoms with van der Waals surface area (Å²) < 4.78 is 29.7. The van der Waals surface area contributed by atoms with Gasteiger partial charge in [-0.05, 0) is 36.4 Å². The lowest BCUT2D eigenvalue weighted by atomic mass is 10.1. The number of ether oxygens (including phenoxy) is 1. The van der Waals surface area contributed by atoms with E-state index < -0.39 is 6.61 Å². The molecule has 0 spiro atoms. The van der Waals surface area contributed by atoms with Crippen molar-refractivity contribution in [2.24, 2.45) is 4.99 Å².